The molecule has 4 rings (SSSR count). The average Bonchev–Trinajstić information content (AvgIpc) is 2.96. The molecule has 1 aliphatic rings. The van der Waals surface area contributed by atoms with Gasteiger partial charge in [-0.15, -0.1) is 5.10 Å². The number of hydrogen-bond acceptors (Lipinski definition) is 6. The van der Waals surface area contributed by atoms with E-state index in [-0.39, 0.29) is 12.4 Å². The zero-order valence-electron chi connectivity index (χ0n) is 14.6. The van der Waals surface area contributed by atoms with Gasteiger partial charge in [0.25, 0.3) is 0 Å². The quantitative estimate of drug-likeness (QED) is 0.752. The van der Waals surface area contributed by atoms with Gasteiger partial charge >= 0.3 is 5.69 Å². The van der Waals surface area contributed by atoms with Crippen molar-refractivity contribution in [2.24, 2.45) is 0 Å². The van der Waals surface area contributed by atoms with Crippen LogP contribution in [0, 0.1) is 0 Å². The van der Waals surface area contributed by atoms with Crippen molar-refractivity contribution < 1.29 is 14.6 Å². The molecule has 0 saturated heterocycles. The number of aromatic nitrogens is 3. The summed E-state index contributed by atoms with van der Waals surface area (Å²) in [4.78, 5) is 14.4. The van der Waals surface area contributed by atoms with Crippen molar-refractivity contribution in [2.75, 3.05) is 20.8 Å². The first-order chi connectivity index (χ1) is 12.6. The molecule has 8 heteroatoms. The smallest absolute Gasteiger partial charge is 0.351 e. The molecular formula is C18H20N4O4. The fourth-order valence-electron chi connectivity index (χ4n) is 3.50. The Bertz CT molecular complexity index is 1010. The Morgan fingerprint density at radius 1 is 1.19 bits per heavy atom. The number of rotatable bonds is 4. The number of pyridine rings is 1. The summed E-state index contributed by atoms with van der Waals surface area (Å²) in [5.74, 6) is 1.32. The van der Waals surface area contributed by atoms with Crippen LogP contribution in [0.4, 0.5) is 0 Å². The molecule has 26 heavy (non-hydrogen) atoms. The van der Waals surface area contributed by atoms with Gasteiger partial charge < -0.3 is 14.6 Å². The highest BCUT2D eigenvalue weighted by Crippen LogP contribution is 2.39. The van der Waals surface area contributed by atoms with Crippen molar-refractivity contribution in [1.82, 2.24) is 19.1 Å². The van der Waals surface area contributed by atoms with Crippen LogP contribution < -0.4 is 15.2 Å². The maximum atomic E-state index is 12.5. The standard InChI is InChI=1S/C18H20N4O4/c1-25-14-6-7-15(26-2)17-12(14)9-20(10-13(17)23)11-22-18(24)21-8-4-3-5-16(21)19-22/h3-8,13,23H,9-11H2,1-2H3. The van der Waals surface area contributed by atoms with Gasteiger partial charge in [-0.1, -0.05) is 6.07 Å². The molecule has 0 bridgehead atoms. The van der Waals surface area contributed by atoms with Crippen LogP contribution in [0.2, 0.25) is 0 Å². The number of ether oxygens (including phenoxy) is 2. The van der Waals surface area contributed by atoms with E-state index in [1.165, 1.54) is 9.08 Å². The summed E-state index contributed by atoms with van der Waals surface area (Å²) in [5, 5.41) is 15.0. The van der Waals surface area contributed by atoms with Crippen molar-refractivity contribution in [3.63, 3.8) is 0 Å². The van der Waals surface area contributed by atoms with Crippen molar-refractivity contribution in [3.05, 3.63) is 58.1 Å². The second-order valence-electron chi connectivity index (χ2n) is 6.24. The summed E-state index contributed by atoms with van der Waals surface area (Å²) >= 11 is 0. The zero-order valence-corrected chi connectivity index (χ0v) is 14.6. The molecule has 1 unspecified atom stereocenters. The van der Waals surface area contributed by atoms with Crippen LogP contribution in [0.1, 0.15) is 17.2 Å². The second-order valence-corrected chi connectivity index (χ2v) is 6.24. The highest BCUT2D eigenvalue weighted by atomic mass is 16.5. The first-order valence-electron chi connectivity index (χ1n) is 8.30. The molecule has 136 valence electrons. The molecule has 3 aromatic rings. The largest absolute Gasteiger partial charge is 0.496 e. The summed E-state index contributed by atoms with van der Waals surface area (Å²) in [6, 6.07) is 9.03. The van der Waals surface area contributed by atoms with Gasteiger partial charge in [-0.3, -0.25) is 9.30 Å². The summed E-state index contributed by atoms with van der Waals surface area (Å²) < 4.78 is 13.7. The monoisotopic (exact) mass is 356 g/mol. The first-order valence-corrected chi connectivity index (χ1v) is 8.30. The number of aliphatic hydroxyl groups excluding tert-OH is 1. The summed E-state index contributed by atoms with van der Waals surface area (Å²) in [6.45, 7) is 1.17. The molecule has 3 heterocycles. The number of hydrogen-bond donors (Lipinski definition) is 1. The Morgan fingerprint density at radius 3 is 2.69 bits per heavy atom. The number of nitrogens with zero attached hydrogens (tertiary/aromatic N) is 4. The van der Waals surface area contributed by atoms with Crippen molar-refractivity contribution in [3.8, 4) is 11.5 Å². The molecule has 0 radical (unpaired) electrons. The van der Waals surface area contributed by atoms with E-state index in [1.54, 1.807) is 38.6 Å². The fourth-order valence-corrected chi connectivity index (χ4v) is 3.50. The first kappa shape index (κ1) is 16.6. The molecule has 8 nitrogen and oxygen atoms in total. The second kappa shape index (κ2) is 6.47. The highest BCUT2D eigenvalue weighted by Gasteiger charge is 2.30. The van der Waals surface area contributed by atoms with E-state index in [4.69, 9.17) is 9.47 Å². The lowest BCUT2D eigenvalue weighted by atomic mass is 9.95. The molecular weight excluding hydrogens is 336 g/mol. The highest BCUT2D eigenvalue weighted by molar-refractivity contribution is 5.51. The third-order valence-corrected chi connectivity index (χ3v) is 4.68. The maximum absolute atomic E-state index is 12.5. The van der Waals surface area contributed by atoms with E-state index in [2.05, 4.69) is 5.10 Å². The predicted octanol–water partition coefficient (Wildman–Crippen LogP) is 1.02. The van der Waals surface area contributed by atoms with E-state index in [0.29, 0.717) is 30.2 Å². The molecule has 1 N–H and O–H groups in total. The van der Waals surface area contributed by atoms with Crippen LogP contribution in [0.15, 0.2) is 41.3 Å². The Labute approximate surface area is 149 Å². The van der Waals surface area contributed by atoms with Gasteiger partial charge in [0.2, 0.25) is 0 Å². The minimum Gasteiger partial charge on any atom is -0.496 e. The lowest BCUT2D eigenvalue weighted by Gasteiger charge is -2.33. The van der Waals surface area contributed by atoms with Gasteiger partial charge in [-0.2, -0.15) is 4.68 Å². The normalized spacial score (nSPS) is 17.3. The van der Waals surface area contributed by atoms with Crippen molar-refractivity contribution in [2.45, 2.75) is 19.3 Å². The zero-order chi connectivity index (χ0) is 18.3. The fraction of sp³-hybridized carbons (Fsp3) is 0.333. The van der Waals surface area contributed by atoms with Crippen LogP contribution in [-0.2, 0) is 13.2 Å². The van der Waals surface area contributed by atoms with Gasteiger partial charge in [0, 0.05) is 30.4 Å². The lowest BCUT2D eigenvalue weighted by molar-refractivity contribution is 0.0666. The van der Waals surface area contributed by atoms with Crippen LogP contribution in [0.5, 0.6) is 11.5 Å². The van der Waals surface area contributed by atoms with E-state index < -0.39 is 6.10 Å². The summed E-state index contributed by atoms with van der Waals surface area (Å²) in [6.07, 6.45) is 0.951. The van der Waals surface area contributed by atoms with Gasteiger partial charge in [0.15, 0.2) is 5.65 Å². The number of methoxy groups -OCH3 is 2. The molecule has 0 spiro atoms. The minimum absolute atomic E-state index is 0.210. The van der Waals surface area contributed by atoms with E-state index >= 15 is 0 Å². The SMILES string of the molecule is COc1ccc(OC)c2c1CN(Cn1nc3ccccn3c1=O)CC2O. The predicted molar refractivity (Wildman–Crippen MR) is 94.4 cm³/mol. The van der Waals surface area contributed by atoms with Crippen molar-refractivity contribution >= 4 is 5.65 Å². The third-order valence-electron chi connectivity index (χ3n) is 4.68. The van der Waals surface area contributed by atoms with E-state index in [0.717, 1.165) is 11.1 Å². The lowest BCUT2D eigenvalue weighted by Crippen LogP contribution is -2.38. The summed E-state index contributed by atoms with van der Waals surface area (Å²) in [7, 11) is 3.18. The Kier molecular flexibility index (Phi) is 4.14. The van der Waals surface area contributed by atoms with Crippen LogP contribution in [0.25, 0.3) is 5.65 Å². The van der Waals surface area contributed by atoms with Crippen LogP contribution in [-0.4, -0.2) is 45.0 Å². The summed E-state index contributed by atoms with van der Waals surface area (Å²) in [5.41, 5.74) is 1.99. The number of aliphatic hydroxyl groups is 1. The van der Waals surface area contributed by atoms with E-state index in [9.17, 15) is 9.90 Å². The number of fused-ring (bicyclic) bond motifs is 2. The van der Waals surface area contributed by atoms with Gasteiger partial charge in [-0.25, -0.2) is 4.79 Å². The third kappa shape index (κ3) is 2.63. The molecule has 0 saturated carbocycles. The van der Waals surface area contributed by atoms with Gasteiger partial charge in [-0.05, 0) is 24.3 Å². The Morgan fingerprint density at radius 2 is 1.96 bits per heavy atom. The molecule has 1 aliphatic heterocycles. The molecule has 0 amide bonds. The maximum Gasteiger partial charge on any atom is 0.351 e. The molecule has 1 aromatic carbocycles. The van der Waals surface area contributed by atoms with Crippen LogP contribution in [0.3, 0.4) is 0 Å². The number of β-amino-alcohol motifs (C(OH)–C–C–N with tert-alkyl or cyclic N) is 1. The molecule has 2 aromatic heterocycles. The minimum atomic E-state index is -0.739. The Balaban J connectivity index is 1.68. The molecule has 1 atom stereocenters. The van der Waals surface area contributed by atoms with E-state index in [1.807, 2.05) is 17.0 Å². The molecule has 0 fully saturated rings. The topological polar surface area (TPSA) is 81.2 Å². The molecule has 0 aliphatic carbocycles. The number of benzene rings is 1. The van der Waals surface area contributed by atoms with Crippen LogP contribution >= 0.6 is 0 Å². The average molecular weight is 356 g/mol. The van der Waals surface area contributed by atoms with Gasteiger partial charge in [0.1, 0.15) is 11.5 Å². The van der Waals surface area contributed by atoms with Gasteiger partial charge in [0.05, 0.1) is 27.0 Å². The van der Waals surface area contributed by atoms with Crippen molar-refractivity contribution in [1.29, 1.82) is 0 Å². The Hall–Kier alpha value is -2.84.